The second kappa shape index (κ2) is 11.6. The first-order valence-electron chi connectivity index (χ1n) is 13.1. The molecule has 0 amide bonds. The molecule has 0 saturated carbocycles. The van der Waals surface area contributed by atoms with Crippen molar-refractivity contribution in [3.63, 3.8) is 0 Å². The number of para-hydroxylation sites is 1. The molecule has 36 heavy (non-hydrogen) atoms. The molecule has 5 nitrogen and oxygen atoms in total. The number of likely N-dealkylation sites (tertiary alicyclic amines) is 1. The molecule has 1 fully saturated rings. The van der Waals surface area contributed by atoms with Crippen molar-refractivity contribution in [3.05, 3.63) is 83.9 Å². The predicted molar refractivity (Wildman–Crippen MR) is 146 cm³/mol. The molecular weight excluding hydrogens is 448 g/mol. The Morgan fingerprint density at radius 2 is 1.67 bits per heavy atom. The van der Waals surface area contributed by atoms with Gasteiger partial charge in [-0.05, 0) is 92.4 Å². The maximum atomic E-state index is 8.95. The molecule has 4 aromatic rings. The zero-order valence-electron chi connectivity index (χ0n) is 21.2. The van der Waals surface area contributed by atoms with Crippen molar-refractivity contribution in [2.45, 2.75) is 38.8 Å². The molecule has 188 valence electrons. The van der Waals surface area contributed by atoms with E-state index in [0.717, 1.165) is 43.0 Å². The lowest BCUT2D eigenvalue weighted by molar-refractivity contribution is 0.253. The van der Waals surface area contributed by atoms with Crippen LogP contribution >= 0.6 is 0 Å². The summed E-state index contributed by atoms with van der Waals surface area (Å²) < 4.78 is 14.0. The molecule has 1 N–H and O–H groups in total. The first-order chi connectivity index (χ1) is 17.7. The van der Waals surface area contributed by atoms with Gasteiger partial charge in [-0.1, -0.05) is 30.3 Å². The Kier molecular flexibility index (Phi) is 7.89. The first-order valence-corrected chi connectivity index (χ1v) is 13.1. The molecular formula is C31H36N2O3. The van der Waals surface area contributed by atoms with E-state index in [1.54, 1.807) is 7.11 Å². The third kappa shape index (κ3) is 5.58. The van der Waals surface area contributed by atoms with E-state index in [0.29, 0.717) is 6.61 Å². The molecule has 2 heterocycles. The highest BCUT2D eigenvalue weighted by Gasteiger charge is 2.16. The third-order valence-electron chi connectivity index (χ3n) is 7.07. The zero-order chi connectivity index (χ0) is 24.7. The average Bonchev–Trinajstić information content (AvgIpc) is 3.56. The Bertz CT molecular complexity index is 1270. The van der Waals surface area contributed by atoms with Gasteiger partial charge in [-0.2, -0.15) is 0 Å². The fraction of sp³-hybridized carbons (Fsp3) is 0.355. The predicted octanol–water partition coefficient (Wildman–Crippen LogP) is 6.11. The van der Waals surface area contributed by atoms with Crippen LogP contribution in [0.3, 0.4) is 0 Å². The van der Waals surface area contributed by atoms with Crippen LogP contribution in [0.15, 0.2) is 72.8 Å². The van der Waals surface area contributed by atoms with Crippen molar-refractivity contribution < 1.29 is 14.6 Å². The molecule has 1 saturated heterocycles. The Morgan fingerprint density at radius 3 is 2.44 bits per heavy atom. The maximum Gasteiger partial charge on any atom is 0.123 e. The minimum absolute atomic E-state index is 0.208. The third-order valence-corrected chi connectivity index (χ3v) is 7.07. The molecule has 0 radical (unpaired) electrons. The van der Waals surface area contributed by atoms with Crippen molar-refractivity contribution >= 4 is 10.9 Å². The van der Waals surface area contributed by atoms with Crippen LogP contribution in [0, 0.1) is 0 Å². The summed E-state index contributed by atoms with van der Waals surface area (Å²) in [6.07, 6.45) is 4.20. The minimum atomic E-state index is 0.208. The Labute approximate surface area is 213 Å². The maximum absolute atomic E-state index is 8.95. The van der Waals surface area contributed by atoms with Crippen LogP contribution in [0.25, 0.3) is 22.2 Å². The molecule has 0 spiro atoms. The summed E-state index contributed by atoms with van der Waals surface area (Å²) >= 11 is 0. The van der Waals surface area contributed by atoms with Gasteiger partial charge in [0.1, 0.15) is 11.5 Å². The van der Waals surface area contributed by atoms with Gasteiger partial charge in [0, 0.05) is 41.9 Å². The van der Waals surface area contributed by atoms with Gasteiger partial charge in [0.15, 0.2) is 0 Å². The molecule has 0 aliphatic carbocycles. The van der Waals surface area contributed by atoms with Gasteiger partial charge in [-0.3, -0.25) is 4.90 Å². The van der Waals surface area contributed by atoms with Gasteiger partial charge in [-0.25, -0.2) is 0 Å². The molecule has 1 aliphatic rings. The molecule has 5 heteroatoms. The lowest BCUT2D eigenvalue weighted by Crippen LogP contribution is -2.18. The van der Waals surface area contributed by atoms with E-state index in [1.807, 2.05) is 12.1 Å². The van der Waals surface area contributed by atoms with Gasteiger partial charge in [0.2, 0.25) is 0 Å². The summed E-state index contributed by atoms with van der Waals surface area (Å²) in [5, 5.41) is 10.2. The summed E-state index contributed by atoms with van der Waals surface area (Å²) in [6, 6.07) is 25.8. The van der Waals surface area contributed by atoms with E-state index >= 15 is 0 Å². The molecule has 0 atom stereocenters. The number of aliphatic hydroxyl groups is 1. The highest BCUT2D eigenvalue weighted by Crippen LogP contribution is 2.31. The summed E-state index contributed by atoms with van der Waals surface area (Å²) in [5.41, 5.74) is 6.05. The van der Waals surface area contributed by atoms with Crippen LogP contribution in [-0.2, 0) is 13.1 Å². The number of aliphatic hydroxyl groups excluding tert-OH is 1. The Morgan fingerprint density at radius 1 is 0.861 bits per heavy atom. The number of hydrogen-bond acceptors (Lipinski definition) is 4. The van der Waals surface area contributed by atoms with Gasteiger partial charge in [-0.15, -0.1) is 0 Å². The number of unbranched alkanes of at least 4 members (excludes halogenated alkanes) is 1. The SMILES string of the molecule is COc1cc(Cn2c(-c3ccc(OCCCCO)cc3)cc3ccccc32)ccc1CN1CCCC1. The second-order valence-corrected chi connectivity index (χ2v) is 9.61. The smallest absolute Gasteiger partial charge is 0.123 e. The van der Waals surface area contributed by atoms with Crippen LogP contribution in [0.4, 0.5) is 0 Å². The van der Waals surface area contributed by atoms with E-state index in [2.05, 4.69) is 70.1 Å². The van der Waals surface area contributed by atoms with Crippen LogP contribution in [0.1, 0.15) is 36.8 Å². The molecule has 3 aromatic carbocycles. The summed E-state index contributed by atoms with van der Waals surface area (Å²) in [7, 11) is 1.77. The molecule has 0 bridgehead atoms. The van der Waals surface area contributed by atoms with E-state index in [-0.39, 0.29) is 6.61 Å². The van der Waals surface area contributed by atoms with Crippen LogP contribution < -0.4 is 9.47 Å². The fourth-order valence-electron chi connectivity index (χ4n) is 5.13. The van der Waals surface area contributed by atoms with E-state index < -0.39 is 0 Å². The molecule has 0 unspecified atom stereocenters. The zero-order valence-corrected chi connectivity index (χ0v) is 21.2. The van der Waals surface area contributed by atoms with Crippen molar-refractivity contribution in [1.29, 1.82) is 0 Å². The highest BCUT2D eigenvalue weighted by atomic mass is 16.5. The Hall–Kier alpha value is -3.28. The average molecular weight is 485 g/mol. The summed E-state index contributed by atoms with van der Waals surface area (Å²) in [6.45, 7) is 4.90. The number of benzene rings is 3. The number of ether oxygens (including phenoxy) is 2. The second-order valence-electron chi connectivity index (χ2n) is 9.61. The van der Waals surface area contributed by atoms with Gasteiger partial charge in [0.05, 0.1) is 13.7 Å². The van der Waals surface area contributed by atoms with Gasteiger partial charge >= 0.3 is 0 Å². The van der Waals surface area contributed by atoms with Crippen molar-refractivity contribution in [2.75, 3.05) is 33.4 Å². The first kappa shape index (κ1) is 24.4. The standard InChI is InChI=1S/C31H36N2O3/c1-35-31-20-24(10-11-27(31)23-32-16-4-5-17-32)22-33-29-9-3-2-8-26(29)21-30(33)25-12-14-28(15-13-25)36-19-7-6-18-34/h2-3,8-15,20-21,34H,4-7,16-19,22-23H2,1H3. The number of methoxy groups -OCH3 is 1. The van der Waals surface area contributed by atoms with E-state index in [9.17, 15) is 0 Å². The monoisotopic (exact) mass is 484 g/mol. The molecule has 1 aromatic heterocycles. The van der Waals surface area contributed by atoms with Crippen molar-refractivity contribution in [3.8, 4) is 22.8 Å². The Balaban J connectivity index is 1.41. The highest BCUT2D eigenvalue weighted by molar-refractivity contribution is 5.87. The number of fused-ring (bicyclic) bond motifs is 1. The lowest BCUT2D eigenvalue weighted by Gasteiger charge is -2.18. The van der Waals surface area contributed by atoms with Crippen LogP contribution in [0.2, 0.25) is 0 Å². The fourth-order valence-corrected chi connectivity index (χ4v) is 5.13. The molecule has 1 aliphatic heterocycles. The quantitative estimate of drug-likeness (QED) is 0.261. The molecule has 5 rings (SSSR count). The van der Waals surface area contributed by atoms with Crippen molar-refractivity contribution in [1.82, 2.24) is 9.47 Å². The lowest BCUT2D eigenvalue weighted by atomic mass is 10.1. The largest absolute Gasteiger partial charge is 0.496 e. The topological polar surface area (TPSA) is 46.9 Å². The van der Waals surface area contributed by atoms with E-state index in [4.69, 9.17) is 14.6 Å². The van der Waals surface area contributed by atoms with Gasteiger partial charge in [0.25, 0.3) is 0 Å². The van der Waals surface area contributed by atoms with Crippen LogP contribution in [0.5, 0.6) is 11.5 Å². The summed E-state index contributed by atoms with van der Waals surface area (Å²) in [4.78, 5) is 2.51. The van der Waals surface area contributed by atoms with Crippen LogP contribution in [-0.4, -0.2) is 48.0 Å². The normalized spacial score (nSPS) is 13.9. The summed E-state index contributed by atoms with van der Waals surface area (Å²) in [5.74, 6) is 1.83. The number of nitrogens with zero attached hydrogens (tertiary/aromatic N) is 2. The van der Waals surface area contributed by atoms with Gasteiger partial charge < -0.3 is 19.1 Å². The number of hydrogen-bond donors (Lipinski definition) is 1. The van der Waals surface area contributed by atoms with E-state index in [1.165, 1.54) is 53.7 Å². The minimum Gasteiger partial charge on any atom is -0.496 e. The van der Waals surface area contributed by atoms with Crippen molar-refractivity contribution in [2.24, 2.45) is 0 Å². The number of rotatable bonds is 11. The number of aromatic nitrogens is 1.